The smallest absolute Gasteiger partial charge is 0.125 e. The minimum atomic E-state index is -0.0552. The van der Waals surface area contributed by atoms with Gasteiger partial charge in [0.15, 0.2) is 0 Å². The van der Waals surface area contributed by atoms with E-state index < -0.39 is 0 Å². The molecule has 0 atom stereocenters. The van der Waals surface area contributed by atoms with E-state index in [1.165, 1.54) is 0 Å². The molecular weight excluding hydrogens is 288 g/mol. The Morgan fingerprint density at radius 3 is 2.35 bits per heavy atom. The zero-order valence-corrected chi connectivity index (χ0v) is 14.2. The summed E-state index contributed by atoms with van der Waals surface area (Å²) in [4.78, 5) is 0. The number of hydrogen-bond acceptors (Lipinski definition) is 3. The first-order chi connectivity index (χ1) is 10.8. The van der Waals surface area contributed by atoms with E-state index in [0.717, 1.165) is 27.9 Å². The van der Waals surface area contributed by atoms with Crippen molar-refractivity contribution >= 4 is 0 Å². The van der Waals surface area contributed by atoms with Crippen molar-refractivity contribution in [1.29, 1.82) is 0 Å². The number of rotatable bonds is 2. The summed E-state index contributed by atoms with van der Waals surface area (Å²) < 4.78 is 3.56. The van der Waals surface area contributed by atoms with Gasteiger partial charge in [-0.3, -0.25) is 9.36 Å². The molecule has 3 rings (SSSR count). The van der Waals surface area contributed by atoms with Gasteiger partial charge in [0, 0.05) is 43.2 Å². The molecule has 1 aromatic carbocycles. The van der Waals surface area contributed by atoms with Crippen molar-refractivity contribution < 1.29 is 5.11 Å². The molecule has 3 aromatic rings. The Labute approximate surface area is 136 Å². The normalized spacial score (nSPS) is 11.9. The molecule has 5 heteroatoms. The van der Waals surface area contributed by atoms with Crippen LogP contribution in [0, 0.1) is 0 Å². The van der Waals surface area contributed by atoms with Crippen LogP contribution in [-0.2, 0) is 19.5 Å². The molecule has 2 aromatic heterocycles. The number of benzene rings is 1. The molecule has 0 spiro atoms. The first-order valence-corrected chi connectivity index (χ1v) is 7.62. The third-order valence-corrected chi connectivity index (χ3v) is 3.93. The van der Waals surface area contributed by atoms with Crippen LogP contribution in [0.2, 0.25) is 0 Å². The van der Waals surface area contributed by atoms with E-state index >= 15 is 0 Å². The standard InChI is InChI=1S/C18H22N4O/c1-18(2,3)15-11-22(5)20-17(15)14-8-12(6-7-16(14)23)13-9-19-21(4)10-13/h6-11,23H,1-5H3. The Morgan fingerprint density at radius 2 is 1.74 bits per heavy atom. The van der Waals surface area contributed by atoms with Crippen LogP contribution in [0.4, 0.5) is 0 Å². The number of nitrogens with zero attached hydrogens (tertiary/aromatic N) is 4. The summed E-state index contributed by atoms with van der Waals surface area (Å²) in [5.41, 5.74) is 4.65. The van der Waals surface area contributed by atoms with E-state index in [0.29, 0.717) is 0 Å². The maximum absolute atomic E-state index is 10.4. The van der Waals surface area contributed by atoms with E-state index in [1.807, 2.05) is 44.8 Å². The van der Waals surface area contributed by atoms with Gasteiger partial charge in [-0.05, 0) is 23.1 Å². The molecule has 0 unspecified atom stereocenters. The quantitative estimate of drug-likeness (QED) is 0.788. The lowest BCUT2D eigenvalue weighted by molar-refractivity contribution is 0.477. The maximum Gasteiger partial charge on any atom is 0.125 e. The van der Waals surface area contributed by atoms with Crippen LogP contribution >= 0.6 is 0 Å². The van der Waals surface area contributed by atoms with Crippen LogP contribution in [0.5, 0.6) is 5.75 Å². The van der Waals surface area contributed by atoms with Crippen LogP contribution in [-0.4, -0.2) is 24.7 Å². The molecule has 0 saturated carbocycles. The second kappa shape index (κ2) is 5.26. The van der Waals surface area contributed by atoms with Gasteiger partial charge < -0.3 is 5.11 Å². The fraction of sp³-hybridized carbons (Fsp3) is 0.333. The van der Waals surface area contributed by atoms with Gasteiger partial charge in [0.05, 0.1) is 11.9 Å². The summed E-state index contributed by atoms with van der Waals surface area (Å²) in [6.07, 6.45) is 5.80. The highest BCUT2D eigenvalue weighted by Gasteiger charge is 2.24. The highest BCUT2D eigenvalue weighted by molar-refractivity contribution is 5.77. The minimum Gasteiger partial charge on any atom is -0.507 e. The molecule has 1 N–H and O–H groups in total. The van der Waals surface area contributed by atoms with Crippen molar-refractivity contribution in [2.24, 2.45) is 14.1 Å². The van der Waals surface area contributed by atoms with Crippen LogP contribution in [0.15, 0.2) is 36.8 Å². The summed E-state index contributed by atoms with van der Waals surface area (Å²) in [5.74, 6) is 0.238. The van der Waals surface area contributed by atoms with E-state index in [2.05, 4.69) is 31.0 Å². The fourth-order valence-corrected chi connectivity index (χ4v) is 2.71. The molecule has 2 heterocycles. The third kappa shape index (κ3) is 2.86. The van der Waals surface area contributed by atoms with Crippen LogP contribution < -0.4 is 0 Å². The van der Waals surface area contributed by atoms with E-state index in [4.69, 9.17) is 0 Å². The van der Waals surface area contributed by atoms with E-state index in [1.54, 1.807) is 15.4 Å². The molecular formula is C18H22N4O. The predicted octanol–water partition coefficient (Wildman–Crippen LogP) is 3.49. The number of phenols is 1. The van der Waals surface area contributed by atoms with Crippen molar-refractivity contribution in [1.82, 2.24) is 19.6 Å². The predicted molar refractivity (Wildman–Crippen MR) is 91.2 cm³/mol. The topological polar surface area (TPSA) is 55.9 Å². The Morgan fingerprint density at radius 1 is 1.00 bits per heavy atom. The van der Waals surface area contributed by atoms with Gasteiger partial charge in [0.1, 0.15) is 5.75 Å². The van der Waals surface area contributed by atoms with Gasteiger partial charge in [-0.2, -0.15) is 10.2 Å². The van der Waals surface area contributed by atoms with Gasteiger partial charge in [0.2, 0.25) is 0 Å². The third-order valence-electron chi connectivity index (χ3n) is 3.93. The second-order valence-corrected chi connectivity index (χ2v) is 6.95. The first kappa shape index (κ1) is 15.3. The Balaban J connectivity index is 2.17. The van der Waals surface area contributed by atoms with Crippen molar-refractivity contribution in [3.05, 3.63) is 42.4 Å². The van der Waals surface area contributed by atoms with Crippen molar-refractivity contribution in [2.45, 2.75) is 26.2 Å². The first-order valence-electron chi connectivity index (χ1n) is 7.62. The summed E-state index contributed by atoms with van der Waals surface area (Å²) in [6, 6.07) is 5.60. The highest BCUT2D eigenvalue weighted by atomic mass is 16.3. The Kier molecular flexibility index (Phi) is 3.51. The van der Waals surface area contributed by atoms with Gasteiger partial charge >= 0.3 is 0 Å². The summed E-state index contributed by atoms with van der Waals surface area (Å²) >= 11 is 0. The monoisotopic (exact) mass is 310 g/mol. The molecule has 0 fully saturated rings. The molecule has 0 aliphatic carbocycles. The largest absolute Gasteiger partial charge is 0.507 e. The summed E-state index contributed by atoms with van der Waals surface area (Å²) in [6.45, 7) is 6.45. The van der Waals surface area contributed by atoms with Gasteiger partial charge in [0.25, 0.3) is 0 Å². The number of aromatic hydroxyl groups is 1. The van der Waals surface area contributed by atoms with Crippen molar-refractivity contribution in [3.8, 4) is 28.1 Å². The van der Waals surface area contributed by atoms with Gasteiger partial charge in [-0.1, -0.05) is 26.8 Å². The summed E-state index contributed by atoms with van der Waals surface area (Å²) in [5, 5.41) is 19.2. The molecule has 0 amide bonds. The molecule has 120 valence electrons. The van der Waals surface area contributed by atoms with Crippen LogP contribution in [0.3, 0.4) is 0 Å². The number of phenolic OH excluding ortho intramolecular Hbond substituents is 1. The number of hydrogen-bond donors (Lipinski definition) is 1. The molecule has 0 bridgehead atoms. The zero-order chi connectivity index (χ0) is 16.8. The Bertz CT molecular complexity index is 852. The van der Waals surface area contributed by atoms with Crippen LogP contribution in [0.1, 0.15) is 26.3 Å². The zero-order valence-electron chi connectivity index (χ0n) is 14.2. The highest BCUT2D eigenvalue weighted by Crippen LogP contribution is 2.38. The van der Waals surface area contributed by atoms with E-state index in [9.17, 15) is 5.11 Å². The van der Waals surface area contributed by atoms with Crippen molar-refractivity contribution in [2.75, 3.05) is 0 Å². The molecule has 0 radical (unpaired) electrons. The number of aromatic nitrogens is 4. The lowest BCUT2D eigenvalue weighted by Gasteiger charge is -2.18. The maximum atomic E-state index is 10.4. The molecule has 0 aliphatic rings. The molecule has 5 nitrogen and oxygen atoms in total. The average Bonchev–Trinajstić information content (AvgIpc) is 3.05. The number of aryl methyl sites for hydroxylation is 2. The second-order valence-electron chi connectivity index (χ2n) is 6.95. The minimum absolute atomic E-state index is 0.0552. The van der Waals surface area contributed by atoms with Gasteiger partial charge in [-0.25, -0.2) is 0 Å². The van der Waals surface area contributed by atoms with E-state index in [-0.39, 0.29) is 11.2 Å². The molecule has 0 aliphatic heterocycles. The molecule has 23 heavy (non-hydrogen) atoms. The SMILES string of the molecule is Cn1cc(-c2ccc(O)c(-c3nn(C)cc3C(C)(C)C)c2)cn1. The lowest BCUT2D eigenvalue weighted by Crippen LogP contribution is -2.11. The van der Waals surface area contributed by atoms with Gasteiger partial charge in [-0.15, -0.1) is 0 Å². The summed E-state index contributed by atoms with van der Waals surface area (Å²) in [7, 11) is 3.79. The fourth-order valence-electron chi connectivity index (χ4n) is 2.71. The lowest BCUT2D eigenvalue weighted by atomic mass is 9.85. The molecule has 0 saturated heterocycles. The average molecular weight is 310 g/mol. The van der Waals surface area contributed by atoms with Crippen LogP contribution in [0.25, 0.3) is 22.4 Å². The Hall–Kier alpha value is -2.56. The van der Waals surface area contributed by atoms with Crippen molar-refractivity contribution in [3.63, 3.8) is 0 Å².